The van der Waals surface area contributed by atoms with E-state index in [2.05, 4.69) is 160 Å². The largest absolute Gasteiger partial charge is 0.309 e. The third-order valence-corrected chi connectivity index (χ3v) is 10.6. The van der Waals surface area contributed by atoms with Gasteiger partial charge in [-0.25, -0.2) is 4.85 Å². The molecular formula is C50H30N4. The molecule has 250 valence electrons. The van der Waals surface area contributed by atoms with E-state index in [1.165, 1.54) is 16.3 Å². The van der Waals surface area contributed by atoms with Gasteiger partial charge < -0.3 is 9.13 Å². The van der Waals surface area contributed by atoms with Gasteiger partial charge in [0.1, 0.15) is 0 Å². The van der Waals surface area contributed by atoms with Crippen molar-refractivity contribution >= 4 is 49.3 Å². The van der Waals surface area contributed by atoms with Crippen molar-refractivity contribution in [2.24, 2.45) is 0 Å². The molecule has 54 heavy (non-hydrogen) atoms. The van der Waals surface area contributed by atoms with Gasteiger partial charge in [0.05, 0.1) is 40.3 Å². The van der Waals surface area contributed by atoms with Crippen molar-refractivity contribution in [1.82, 2.24) is 9.13 Å². The van der Waals surface area contributed by atoms with Crippen LogP contribution in [-0.2, 0) is 0 Å². The SMILES string of the molecule is [C-]#[N+]c1ccccc1-c1ccccc1-c1cc(-c2ccc3c(c2)c2ccccc2n3-c2ccccc2)cc(-n2c3ccccc3c3cc(C#N)ccc32)c1. The number of benzene rings is 8. The number of fused-ring (bicyclic) bond motifs is 6. The summed E-state index contributed by atoms with van der Waals surface area (Å²) < 4.78 is 4.66. The van der Waals surface area contributed by atoms with Gasteiger partial charge >= 0.3 is 0 Å². The van der Waals surface area contributed by atoms with Crippen LogP contribution >= 0.6 is 0 Å². The zero-order valence-electron chi connectivity index (χ0n) is 29.1. The quantitative estimate of drug-likeness (QED) is 0.166. The Morgan fingerprint density at radius 2 is 0.963 bits per heavy atom. The van der Waals surface area contributed by atoms with E-state index in [4.69, 9.17) is 6.57 Å². The molecule has 0 unspecified atom stereocenters. The van der Waals surface area contributed by atoms with E-state index in [9.17, 15) is 5.26 Å². The maximum Gasteiger partial charge on any atom is 0.194 e. The normalized spacial score (nSPS) is 11.3. The standard InChI is InChI=1S/C50H30N4/c1-52-46-20-10-7-17-41(46)40-16-6-5-15-39(40)36-28-35(29-38(30-36)54-48-22-12-8-18-42(48)44-27-33(32-51)23-25-49(44)54)34-24-26-50-45(31-34)43-19-9-11-21-47(43)53(50)37-13-3-2-4-14-37/h2-31H. The van der Waals surface area contributed by atoms with E-state index in [0.29, 0.717) is 11.3 Å². The highest BCUT2D eigenvalue weighted by Gasteiger charge is 2.19. The van der Waals surface area contributed by atoms with Crippen LogP contribution in [-0.4, -0.2) is 9.13 Å². The lowest BCUT2D eigenvalue weighted by Crippen LogP contribution is -1.97. The lowest BCUT2D eigenvalue weighted by atomic mass is 9.91. The molecule has 4 nitrogen and oxygen atoms in total. The predicted octanol–water partition coefficient (Wildman–Crippen LogP) is 13.3. The minimum absolute atomic E-state index is 0.622. The number of aromatic nitrogens is 2. The lowest BCUT2D eigenvalue weighted by molar-refractivity contribution is 1.18. The van der Waals surface area contributed by atoms with Crippen molar-refractivity contribution in [3.05, 3.63) is 199 Å². The van der Waals surface area contributed by atoms with Gasteiger partial charge in [-0.15, -0.1) is 0 Å². The Bertz CT molecular complexity index is 3190. The van der Waals surface area contributed by atoms with Gasteiger partial charge in [-0.3, -0.25) is 0 Å². The van der Waals surface area contributed by atoms with E-state index in [0.717, 1.165) is 72.1 Å². The molecule has 0 aliphatic carbocycles. The van der Waals surface area contributed by atoms with Crippen LogP contribution in [0.15, 0.2) is 182 Å². The molecule has 2 aromatic heterocycles. The Morgan fingerprint density at radius 1 is 0.407 bits per heavy atom. The van der Waals surface area contributed by atoms with Crippen LogP contribution in [0.5, 0.6) is 0 Å². The molecule has 0 fully saturated rings. The van der Waals surface area contributed by atoms with Gasteiger partial charge in [0.15, 0.2) is 5.69 Å². The van der Waals surface area contributed by atoms with Crippen molar-refractivity contribution in [2.45, 2.75) is 0 Å². The van der Waals surface area contributed by atoms with Crippen LogP contribution < -0.4 is 0 Å². The van der Waals surface area contributed by atoms with Crippen LogP contribution in [0, 0.1) is 17.9 Å². The summed E-state index contributed by atoms with van der Waals surface area (Å²) in [6.45, 7) is 7.95. The fraction of sp³-hybridized carbons (Fsp3) is 0. The summed E-state index contributed by atoms with van der Waals surface area (Å²) in [5.74, 6) is 0. The highest BCUT2D eigenvalue weighted by molar-refractivity contribution is 6.11. The average Bonchev–Trinajstić information content (AvgIpc) is 3.76. The molecule has 2 heterocycles. The molecule has 0 aliphatic rings. The second-order valence-electron chi connectivity index (χ2n) is 13.6. The van der Waals surface area contributed by atoms with Crippen LogP contribution in [0.25, 0.3) is 93.2 Å². The first-order valence-corrected chi connectivity index (χ1v) is 17.9. The summed E-state index contributed by atoms with van der Waals surface area (Å²) >= 11 is 0. The van der Waals surface area contributed by atoms with Crippen LogP contribution in [0.1, 0.15) is 5.56 Å². The van der Waals surface area contributed by atoms with E-state index < -0.39 is 0 Å². The topological polar surface area (TPSA) is 38.0 Å². The maximum atomic E-state index is 9.81. The van der Waals surface area contributed by atoms with Gasteiger partial charge in [0, 0.05) is 32.9 Å². The zero-order valence-corrected chi connectivity index (χ0v) is 29.1. The Labute approximate surface area is 312 Å². The Balaban J connectivity index is 1.27. The summed E-state index contributed by atoms with van der Waals surface area (Å²) in [5.41, 5.74) is 14.0. The molecule has 0 bridgehead atoms. The molecule has 10 aromatic rings. The van der Waals surface area contributed by atoms with E-state index in [-0.39, 0.29) is 0 Å². The van der Waals surface area contributed by atoms with Crippen molar-refractivity contribution in [3.8, 4) is 50.8 Å². The summed E-state index contributed by atoms with van der Waals surface area (Å²) in [4.78, 5) is 3.89. The fourth-order valence-corrected chi connectivity index (χ4v) is 8.16. The number of rotatable bonds is 5. The van der Waals surface area contributed by atoms with E-state index in [1.807, 2.05) is 42.5 Å². The maximum absolute atomic E-state index is 9.81. The van der Waals surface area contributed by atoms with E-state index in [1.54, 1.807) is 0 Å². The van der Waals surface area contributed by atoms with Crippen LogP contribution in [0.2, 0.25) is 0 Å². The lowest BCUT2D eigenvalue weighted by Gasteiger charge is -2.17. The highest BCUT2D eigenvalue weighted by Crippen LogP contribution is 2.42. The highest BCUT2D eigenvalue weighted by atomic mass is 15.0. The molecule has 4 heteroatoms. The van der Waals surface area contributed by atoms with Crippen molar-refractivity contribution in [2.75, 3.05) is 0 Å². The van der Waals surface area contributed by atoms with Crippen molar-refractivity contribution in [1.29, 1.82) is 5.26 Å². The molecule has 0 radical (unpaired) electrons. The molecule has 0 N–H and O–H groups in total. The van der Waals surface area contributed by atoms with Crippen molar-refractivity contribution < 1.29 is 0 Å². The second kappa shape index (κ2) is 12.5. The molecule has 0 saturated carbocycles. The summed E-state index contributed by atoms with van der Waals surface area (Å²) in [6, 6.07) is 65.7. The number of hydrogen-bond acceptors (Lipinski definition) is 1. The first kappa shape index (κ1) is 31.1. The van der Waals surface area contributed by atoms with Gasteiger partial charge in [0.25, 0.3) is 0 Å². The Morgan fingerprint density at radius 3 is 1.69 bits per heavy atom. The Kier molecular flexibility index (Phi) is 7.22. The molecule has 0 saturated heterocycles. The number of hydrogen-bond donors (Lipinski definition) is 0. The molecule has 0 aliphatic heterocycles. The number of para-hydroxylation sites is 4. The molecule has 0 amide bonds. The molecule has 8 aromatic carbocycles. The van der Waals surface area contributed by atoms with Gasteiger partial charge in [-0.05, 0) is 106 Å². The first-order chi connectivity index (χ1) is 26.7. The second-order valence-corrected chi connectivity index (χ2v) is 13.6. The van der Waals surface area contributed by atoms with Crippen molar-refractivity contribution in [3.63, 3.8) is 0 Å². The molecule has 0 spiro atoms. The third-order valence-electron chi connectivity index (χ3n) is 10.6. The fourth-order valence-electron chi connectivity index (χ4n) is 8.16. The minimum atomic E-state index is 0.622. The minimum Gasteiger partial charge on any atom is -0.309 e. The summed E-state index contributed by atoms with van der Waals surface area (Å²) in [7, 11) is 0. The summed E-state index contributed by atoms with van der Waals surface area (Å²) in [5, 5.41) is 14.3. The van der Waals surface area contributed by atoms with E-state index >= 15 is 0 Å². The Hall–Kier alpha value is -7.66. The smallest absolute Gasteiger partial charge is 0.194 e. The molecular weight excluding hydrogens is 657 g/mol. The molecule has 10 rings (SSSR count). The monoisotopic (exact) mass is 686 g/mol. The summed E-state index contributed by atoms with van der Waals surface area (Å²) in [6.07, 6.45) is 0. The third kappa shape index (κ3) is 4.90. The number of nitrogens with zero attached hydrogens (tertiary/aromatic N) is 4. The van der Waals surface area contributed by atoms with Crippen LogP contribution in [0.3, 0.4) is 0 Å². The number of nitriles is 1. The van der Waals surface area contributed by atoms with Crippen LogP contribution in [0.4, 0.5) is 5.69 Å². The predicted molar refractivity (Wildman–Crippen MR) is 222 cm³/mol. The average molecular weight is 687 g/mol. The van der Waals surface area contributed by atoms with Gasteiger partial charge in [0.2, 0.25) is 0 Å². The van der Waals surface area contributed by atoms with Gasteiger partial charge in [-0.2, -0.15) is 5.26 Å². The van der Waals surface area contributed by atoms with Gasteiger partial charge in [-0.1, -0.05) is 109 Å². The zero-order chi connectivity index (χ0) is 36.2. The molecule has 0 atom stereocenters. The first-order valence-electron chi connectivity index (χ1n) is 17.9.